The van der Waals surface area contributed by atoms with Gasteiger partial charge in [-0.15, -0.1) is 0 Å². The summed E-state index contributed by atoms with van der Waals surface area (Å²) in [6, 6.07) is 15.1. The lowest BCUT2D eigenvalue weighted by Gasteiger charge is -2.30. The molecule has 1 aliphatic rings. The fraction of sp³-hybridized carbons (Fsp3) is 0.375. The summed E-state index contributed by atoms with van der Waals surface area (Å²) >= 11 is 5.92. The normalized spacial score (nSPS) is 16.9. The van der Waals surface area contributed by atoms with E-state index in [-0.39, 0.29) is 12.5 Å². The Kier molecular flexibility index (Phi) is 6.68. The summed E-state index contributed by atoms with van der Waals surface area (Å²) in [6.07, 6.45) is 2.58. The summed E-state index contributed by atoms with van der Waals surface area (Å²) in [7, 11) is 1.73. The molecule has 31 heavy (non-hydrogen) atoms. The average Bonchev–Trinajstić information content (AvgIpc) is 3.23. The van der Waals surface area contributed by atoms with Crippen molar-refractivity contribution in [2.24, 2.45) is 5.92 Å². The van der Waals surface area contributed by atoms with Crippen molar-refractivity contribution in [2.45, 2.75) is 32.9 Å². The van der Waals surface area contributed by atoms with Gasteiger partial charge in [-0.25, -0.2) is 0 Å². The van der Waals surface area contributed by atoms with Crippen LogP contribution < -0.4 is 0 Å². The lowest BCUT2D eigenvalue weighted by Crippen LogP contribution is -2.33. The lowest BCUT2D eigenvalue weighted by molar-refractivity contribution is 0.0769. The first-order valence-corrected chi connectivity index (χ1v) is 11.0. The molecule has 1 aromatic heterocycles. The zero-order valence-corrected chi connectivity index (χ0v) is 18.7. The van der Waals surface area contributed by atoms with Crippen LogP contribution in [0, 0.1) is 5.92 Å². The minimum Gasteiger partial charge on any atom is -0.337 e. The number of carbonyl (C=O) groups is 1. The van der Waals surface area contributed by atoms with Gasteiger partial charge < -0.3 is 9.42 Å². The fourth-order valence-corrected chi connectivity index (χ4v) is 4.10. The maximum absolute atomic E-state index is 12.8. The minimum atomic E-state index is -0.0793. The molecule has 1 aliphatic heterocycles. The Bertz CT molecular complexity index is 1020. The van der Waals surface area contributed by atoms with E-state index in [0.717, 1.165) is 31.1 Å². The molecular formula is C24H27ClN4O2. The predicted molar refractivity (Wildman–Crippen MR) is 121 cm³/mol. The Labute approximate surface area is 187 Å². The molecule has 1 unspecified atom stereocenters. The highest BCUT2D eigenvalue weighted by Crippen LogP contribution is 2.20. The smallest absolute Gasteiger partial charge is 0.254 e. The van der Waals surface area contributed by atoms with Crippen LogP contribution >= 0.6 is 11.6 Å². The summed E-state index contributed by atoms with van der Waals surface area (Å²) in [4.78, 5) is 21.3. The van der Waals surface area contributed by atoms with E-state index in [4.69, 9.17) is 16.1 Å². The van der Waals surface area contributed by atoms with Gasteiger partial charge >= 0.3 is 0 Å². The molecule has 6 nitrogen and oxygen atoms in total. The van der Waals surface area contributed by atoms with E-state index in [2.05, 4.69) is 22.0 Å². The first-order chi connectivity index (χ1) is 15.0. The quantitative estimate of drug-likeness (QED) is 0.548. The highest BCUT2D eigenvalue weighted by atomic mass is 35.5. The van der Waals surface area contributed by atoms with Gasteiger partial charge in [0.15, 0.2) is 0 Å². The summed E-state index contributed by atoms with van der Waals surface area (Å²) in [5.41, 5.74) is 2.69. The van der Waals surface area contributed by atoms with Crippen molar-refractivity contribution in [3.8, 4) is 11.4 Å². The maximum atomic E-state index is 12.8. The largest absolute Gasteiger partial charge is 0.337 e. The number of likely N-dealkylation sites (tertiary alicyclic amines) is 1. The number of piperidine rings is 1. The Hall–Kier alpha value is -2.70. The van der Waals surface area contributed by atoms with Gasteiger partial charge in [-0.2, -0.15) is 4.98 Å². The van der Waals surface area contributed by atoms with Gasteiger partial charge in [0, 0.05) is 36.3 Å². The number of aromatic nitrogens is 2. The number of nitrogens with zero attached hydrogens (tertiary/aromatic N) is 4. The molecule has 1 fully saturated rings. The van der Waals surface area contributed by atoms with Crippen LogP contribution in [0.4, 0.5) is 0 Å². The van der Waals surface area contributed by atoms with Gasteiger partial charge in [-0.3, -0.25) is 9.69 Å². The number of amides is 1. The SMILES string of the molecule is CC1CCCN(Cc2ccc(C(=O)N(C)Cc3nc(-c4ccc(Cl)cc4)no3)cc2)C1. The molecule has 0 bridgehead atoms. The van der Waals surface area contributed by atoms with E-state index >= 15 is 0 Å². The number of rotatable bonds is 6. The summed E-state index contributed by atoms with van der Waals surface area (Å²) < 4.78 is 5.32. The molecule has 0 N–H and O–H groups in total. The molecule has 1 saturated heterocycles. The van der Waals surface area contributed by atoms with Gasteiger partial charge in [-0.05, 0) is 67.3 Å². The third-order valence-electron chi connectivity index (χ3n) is 5.64. The van der Waals surface area contributed by atoms with Gasteiger partial charge in [0.1, 0.15) is 0 Å². The lowest BCUT2D eigenvalue weighted by atomic mass is 9.99. The van der Waals surface area contributed by atoms with Crippen LogP contribution in [-0.4, -0.2) is 46.0 Å². The maximum Gasteiger partial charge on any atom is 0.254 e. The molecule has 1 atom stereocenters. The van der Waals surface area contributed by atoms with E-state index in [1.54, 1.807) is 24.1 Å². The van der Waals surface area contributed by atoms with E-state index < -0.39 is 0 Å². The molecule has 0 spiro atoms. The van der Waals surface area contributed by atoms with Crippen molar-refractivity contribution in [3.05, 3.63) is 70.6 Å². The van der Waals surface area contributed by atoms with Crippen LogP contribution in [0.25, 0.3) is 11.4 Å². The zero-order chi connectivity index (χ0) is 21.8. The second kappa shape index (κ2) is 9.62. The first-order valence-electron chi connectivity index (χ1n) is 10.6. The van der Waals surface area contributed by atoms with Crippen molar-refractivity contribution in [2.75, 3.05) is 20.1 Å². The monoisotopic (exact) mass is 438 g/mol. The second-order valence-corrected chi connectivity index (χ2v) is 8.80. The second-order valence-electron chi connectivity index (χ2n) is 8.36. The molecule has 4 rings (SSSR count). The van der Waals surface area contributed by atoms with Gasteiger partial charge in [0.05, 0.1) is 6.54 Å². The average molecular weight is 439 g/mol. The van der Waals surface area contributed by atoms with Crippen molar-refractivity contribution >= 4 is 17.5 Å². The van der Waals surface area contributed by atoms with Crippen LogP contribution in [0.15, 0.2) is 53.1 Å². The van der Waals surface area contributed by atoms with Crippen LogP contribution in [0.5, 0.6) is 0 Å². The molecule has 0 saturated carbocycles. The molecule has 7 heteroatoms. The third kappa shape index (κ3) is 5.51. The van der Waals surface area contributed by atoms with E-state index in [0.29, 0.717) is 22.3 Å². The highest BCUT2D eigenvalue weighted by molar-refractivity contribution is 6.30. The first kappa shape index (κ1) is 21.5. The standard InChI is InChI=1S/C24H27ClN4O2/c1-17-4-3-13-29(14-17)15-18-5-7-20(8-6-18)24(30)28(2)16-22-26-23(27-31-22)19-9-11-21(25)12-10-19/h5-12,17H,3-4,13-16H2,1-2H3. The number of carbonyl (C=O) groups excluding carboxylic acids is 1. The molecular weight excluding hydrogens is 412 g/mol. The van der Waals surface area contributed by atoms with Crippen LogP contribution in [-0.2, 0) is 13.1 Å². The van der Waals surface area contributed by atoms with E-state index in [9.17, 15) is 4.79 Å². The Morgan fingerprint density at radius 2 is 1.94 bits per heavy atom. The Balaban J connectivity index is 1.35. The fourth-order valence-electron chi connectivity index (χ4n) is 3.97. The van der Waals surface area contributed by atoms with Crippen molar-refractivity contribution < 1.29 is 9.32 Å². The van der Waals surface area contributed by atoms with E-state index in [1.165, 1.54) is 18.4 Å². The Morgan fingerprint density at radius 3 is 2.65 bits per heavy atom. The van der Waals surface area contributed by atoms with Gasteiger partial charge in [0.25, 0.3) is 5.91 Å². The topological polar surface area (TPSA) is 62.5 Å². The molecule has 3 aromatic rings. The number of benzene rings is 2. The van der Waals surface area contributed by atoms with Gasteiger partial charge in [0.2, 0.25) is 11.7 Å². The van der Waals surface area contributed by atoms with Crippen LogP contribution in [0.1, 0.15) is 41.6 Å². The highest BCUT2D eigenvalue weighted by Gasteiger charge is 2.18. The summed E-state index contributed by atoms with van der Waals surface area (Å²) in [5, 5.41) is 4.65. The Morgan fingerprint density at radius 1 is 1.19 bits per heavy atom. The number of hydrogen-bond acceptors (Lipinski definition) is 5. The molecule has 2 aromatic carbocycles. The number of halogens is 1. The van der Waals surface area contributed by atoms with Crippen molar-refractivity contribution in [3.63, 3.8) is 0 Å². The number of hydrogen-bond donors (Lipinski definition) is 0. The van der Waals surface area contributed by atoms with Crippen molar-refractivity contribution in [1.82, 2.24) is 19.9 Å². The van der Waals surface area contributed by atoms with Crippen LogP contribution in [0.3, 0.4) is 0 Å². The van der Waals surface area contributed by atoms with Gasteiger partial charge in [-0.1, -0.05) is 35.8 Å². The molecule has 2 heterocycles. The molecule has 162 valence electrons. The van der Waals surface area contributed by atoms with E-state index in [1.807, 2.05) is 36.4 Å². The molecule has 0 aliphatic carbocycles. The molecule has 0 radical (unpaired) electrons. The molecule has 1 amide bonds. The third-order valence-corrected chi connectivity index (χ3v) is 5.89. The summed E-state index contributed by atoms with van der Waals surface area (Å²) in [6.45, 7) is 5.78. The summed E-state index contributed by atoms with van der Waals surface area (Å²) in [5.74, 6) is 1.54. The van der Waals surface area contributed by atoms with Crippen LogP contribution in [0.2, 0.25) is 5.02 Å². The minimum absolute atomic E-state index is 0.0793. The van der Waals surface area contributed by atoms with Crippen molar-refractivity contribution in [1.29, 1.82) is 0 Å². The predicted octanol–water partition coefficient (Wildman–Crippen LogP) is 4.89. The zero-order valence-electron chi connectivity index (χ0n) is 17.9.